The number of urea groups is 1. The summed E-state index contributed by atoms with van der Waals surface area (Å²) in [7, 11) is 0. The van der Waals surface area contributed by atoms with Gasteiger partial charge in [-0.25, -0.2) is 4.79 Å². The van der Waals surface area contributed by atoms with Crippen LogP contribution in [0.1, 0.15) is 46.5 Å². The molecule has 4 heteroatoms. The first-order valence-electron chi connectivity index (χ1n) is 7.08. The summed E-state index contributed by atoms with van der Waals surface area (Å²) in [5.41, 5.74) is 0.0554. The lowest BCUT2D eigenvalue weighted by atomic mass is 9.88. The van der Waals surface area contributed by atoms with E-state index in [1.54, 1.807) is 0 Å². The Morgan fingerprint density at radius 2 is 2.22 bits per heavy atom. The molecule has 0 bridgehead atoms. The van der Waals surface area contributed by atoms with Crippen molar-refractivity contribution in [3.8, 4) is 0 Å². The maximum atomic E-state index is 12.0. The Hall–Kier alpha value is -0.770. The van der Waals surface area contributed by atoms with E-state index in [0.29, 0.717) is 12.5 Å². The number of likely N-dealkylation sites (tertiary alicyclic amines) is 1. The molecule has 0 saturated carbocycles. The van der Waals surface area contributed by atoms with E-state index >= 15 is 0 Å². The lowest BCUT2D eigenvalue weighted by Gasteiger charge is -2.32. The number of rotatable bonds is 5. The number of nitrogens with one attached hydrogen (secondary N) is 1. The molecule has 1 atom stereocenters. The van der Waals surface area contributed by atoms with Crippen molar-refractivity contribution in [3.05, 3.63) is 0 Å². The van der Waals surface area contributed by atoms with E-state index in [-0.39, 0.29) is 18.1 Å². The Labute approximate surface area is 111 Å². The molecule has 4 nitrogen and oxygen atoms in total. The van der Waals surface area contributed by atoms with Gasteiger partial charge in [-0.05, 0) is 37.0 Å². The van der Waals surface area contributed by atoms with Crippen molar-refractivity contribution in [1.82, 2.24) is 10.2 Å². The molecule has 18 heavy (non-hydrogen) atoms. The molecule has 0 radical (unpaired) electrons. The molecule has 1 saturated heterocycles. The average Bonchev–Trinajstić information content (AvgIpc) is 2.34. The number of carbonyl (C=O) groups is 1. The number of hydrogen-bond donors (Lipinski definition) is 2. The molecular formula is C14H28N2O2. The summed E-state index contributed by atoms with van der Waals surface area (Å²) in [4.78, 5) is 14.0. The van der Waals surface area contributed by atoms with Crippen molar-refractivity contribution >= 4 is 6.03 Å². The fraction of sp³-hybridized carbons (Fsp3) is 0.929. The SMILES string of the molecule is CC1CCCN(C(=O)NCC(C)(C)CCCO)C1. The van der Waals surface area contributed by atoms with E-state index in [2.05, 4.69) is 26.1 Å². The van der Waals surface area contributed by atoms with Crippen molar-refractivity contribution in [2.45, 2.75) is 46.5 Å². The molecule has 1 unspecified atom stereocenters. The first-order valence-corrected chi connectivity index (χ1v) is 7.08. The number of piperidine rings is 1. The molecule has 1 aliphatic rings. The number of nitrogens with zero attached hydrogens (tertiary/aromatic N) is 1. The summed E-state index contributed by atoms with van der Waals surface area (Å²) >= 11 is 0. The molecule has 1 aliphatic heterocycles. The molecule has 0 spiro atoms. The van der Waals surface area contributed by atoms with Crippen LogP contribution in [0, 0.1) is 11.3 Å². The minimum atomic E-state index is 0.0554. The molecule has 2 amide bonds. The Bertz CT molecular complexity index is 267. The molecule has 106 valence electrons. The van der Waals surface area contributed by atoms with Crippen LogP contribution in [0.2, 0.25) is 0 Å². The smallest absolute Gasteiger partial charge is 0.317 e. The van der Waals surface area contributed by atoms with Crippen molar-refractivity contribution in [2.75, 3.05) is 26.2 Å². The predicted molar refractivity (Wildman–Crippen MR) is 73.5 cm³/mol. The fourth-order valence-corrected chi connectivity index (χ4v) is 2.45. The minimum Gasteiger partial charge on any atom is -0.396 e. The highest BCUT2D eigenvalue weighted by molar-refractivity contribution is 5.74. The van der Waals surface area contributed by atoms with E-state index in [4.69, 9.17) is 5.11 Å². The van der Waals surface area contributed by atoms with Gasteiger partial charge in [0.15, 0.2) is 0 Å². The number of carbonyl (C=O) groups excluding carboxylic acids is 1. The van der Waals surface area contributed by atoms with Gasteiger partial charge in [-0.1, -0.05) is 20.8 Å². The van der Waals surface area contributed by atoms with Crippen LogP contribution < -0.4 is 5.32 Å². The first kappa shape index (κ1) is 15.3. The van der Waals surface area contributed by atoms with Crippen LogP contribution in [0.3, 0.4) is 0 Å². The van der Waals surface area contributed by atoms with Crippen molar-refractivity contribution in [1.29, 1.82) is 0 Å². The molecule has 1 rings (SSSR count). The third-order valence-electron chi connectivity index (χ3n) is 3.67. The van der Waals surface area contributed by atoms with Gasteiger partial charge in [0.1, 0.15) is 0 Å². The summed E-state index contributed by atoms with van der Waals surface area (Å²) in [6.07, 6.45) is 4.07. The molecule has 0 aromatic heterocycles. The molecule has 0 aromatic carbocycles. The van der Waals surface area contributed by atoms with Gasteiger partial charge in [0.25, 0.3) is 0 Å². The van der Waals surface area contributed by atoms with Crippen molar-refractivity contribution < 1.29 is 9.90 Å². The van der Waals surface area contributed by atoms with E-state index in [1.165, 1.54) is 6.42 Å². The van der Waals surface area contributed by atoms with Crippen molar-refractivity contribution in [3.63, 3.8) is 0 Å². The predicted octanol–water partition coefficient (Wildman–Crippen LogP) is 2.23. The summed E-state index contributed by atoms with van der Waals surface area (Å²) in [6.45, 7) is 9.11. The van der Waals surface area contributed by atoms with Gasteiger partial charge in [-0.3, -0.25) is 0 Å². The van der Waals surface area contributed by atoms with Crippen LogP contribution in [-0.2, 0) is 0 Å². The zero-order valence-electron chi connectivity index (χ0n) is 12.0. The summed E-state index contributed by atoms with van der Waals surface area (Å²) in [5, 5.41) is 11.9. The molecule has 0 aromatic rings. The van der Waals surface area contributed by atoms with Gasteiger partial charge in [0, 0.05) is 26.2 Å². The van der Waals surface area contributed by atoms with Crippen LogP contribution in [-0.4, -0.2) is 42.3 Å². The van der Waals surface area contributed by atoms with E-state index < -0.39 is 0 Å². The second-order valence-corrected chi connectivity index (χ2v) is 6.34. The molecule has 2 N–H and O–H groups in total. The zero-order chi connectivity index (χ0) is 13.6. The Balaban J connectivity index is 2.31. The lowest BCUT2D eigenvalue weighted by molar-refractivity contribution is 0.163. The highest BCUT2D eigenvalue weighted by Gasteiger charge is 2.23. The first-order chi connectivity index (χ1) is 8.44. The monoisotopic (exact) mass is 256 g/mol. The van der Waals surface area contributed by atoms with E-state index in [9.17, 15) is 4.79 Å². The summed E-state index contributed by atoms with van der Waals surface area (Å²) in [6, 6.07) is 0.0682. The van der Waals surface area contributed by atoms with Gasteiger partial charge in [0.2, 0.25) is 0 Å². The Morgan fingerprint density at radius 3 is 2.83 bits per heavy atom. The van der Waals surface area contributed by atoms with Gasteiger partial charge < -0.3 is 15.3 Å². The molecule has 0 aliphatic carbocycles. The standard InChI is InChI=1S/C14H28N2O2/c1-12-6-4-8-16(10-12)13(18)15-11-14(2,3)7-5-9-17/h12,17H,4-11H2,1-3H3,(H,15,18). The highest BCUT2D eigenvalue weighted by Crippen LogP contribution is 2.21. The van der Waals surface area contributed by atoms with E-state index in [1.807, 2.05) is 4.90 Å². The van der Waals surface area contributed by atoms with Gasteiger partial charge in [0.05, 0.1) is 0 Å². The zero-order valence-corrected chi connectivity index (χ0v) is 12.0. The number of hydrogen-bond acceptors (Lipinski definition) is 2. The van der Waals surface area contributed by atoms with Gasteiger partial charge in [-0.2, -0.15) is 0 Å². The molecular weight excluding hydrogens is 228 g/mol. The van der Waals surface area contributed by atoms with Gasteiger partial charge >= 0.3 is 6.03 Å². The maximum absolute atomic E-state index is 12.0. The third-order valence-corrected chi connectivity index (χ3v) is 3.67. The highest BCUT2D eigenvalue weighted by atomic mass is 16.3. The third kappa shape index (κ3) is 5.25. The van der Waals surface area contributed by atoms with Gasteiger partial charge in [-0.15, -0.1) is 0 Å². The largest absolute Gasteiger partial charge is 0.396 e. The van der Waals surface area contributed by atoms with Crippen molar-refractivity contribution in [2.24, 2.45) is 11.3 Å². The Kier molecular flexibility index (Phi) is 5.93. The average molecular weight is 256 g/mol. The minimum absolute atomic E-state index is 0.0554. The van der Waals surface area contributed by atoms with Crippen LogP contribution in [0.4, 0.5) is 4.79 Å². The van der Waals surface area contributed by atoms with Crippen LogP contribution >= 0.6 is 0 Å². The second kappa shape index (κ2) is 6.98. The summed E-state index contributed by atoms with van der Waals surface area (Å²) < 4.78 is 0. The van der Waals surface area contributed by atoms with Crippen LogP contribution in [0.15, 0.2) is 0 Å². The molecule has 1 heterocycles. The fourth-order valence-electron chi connectivity index (χ4n) is 2.45. The van der Waals surface area contributed by atoms with Crippen LogP contribution in [0.5, 0.6) is 0 Å². The van der Waals surface area contributed by atoms with E-state index in [0.717, 1.165) is 32.4 Å². The normalized spacial score (nSPS) is 20.9. The number of aliphatic hydroxyl groups excluding tert-OH is 1. The quantitative estimate of drug-likeness (QED) is 0.792. The Morgan fingerprint density at radius 1 is 1.50 bits per heavy atom. The van der Waals surface area contributed by atoms with Crippen LogP contribution in [0.25, 0.3) is 0 Å². The number of aliphatic hydroxyl groups is 1. The number of amides is 2. The maximum Gasteiger partial charge on any atom is 0.317 e. The topological polar surface area (TPSA) is 52.6 Å². The summed E-state index contributed by atoms with van der Waals surface area (Å²) in [5.74, 6) is 0.617. The molecule has 1 fully saturated rings. The second-order valence-electron chi connectivity index (χ2n) is 6.34. The lowest BCUT2D eigenvalue weighted by Crippen LogP contribution is -2.47.